The van der Waals surface area contributed by atoms with E-state index in [1.54, 1.807) is 0 Å². The Morgan fingerprint density at radius 3 is 1.83 bits per heavy atom. The molecule has 1 aromatic heterocycles. The summed E-state index contributed by atoms with van der Waals surface area (Å²) in [7, 11) is -1.71. The lowest BCUT2D eigenvalue weighted by molar-refractivity contribution is 0.517. The third-order valence-corrected chi connectivity index (χ3v) is 6.74. The molecule has 0 unspecified atom stereocenters. The second-order valence-corrected chi connectivity index (χ2v) is 11.3. The highest BCUT2D eigenvalue weighted by Gasteiger charge is 2.27. The van der Waals surface area contributed by atoms with Crippen LogP contribution in [-0.4, -0.2) is 8.07 Å². The first-order valence-electron chi connectivity index (χ1n) is 3.48. The van der Waals surface area contributed by atoms with Crippen molar-refractivity contribution >= 4 is 39.8 Å². The molecule has 12 heavy (non-hydrogen) atoms. The Bertz CT molecular complexity index is 303. The van der Waals surface area contributed by atoms with Crippen LogP contribution in [0.4, 0.5) is 8.78 Å². The van der Waals surface area contributed by atoms with E-state index in [2.05, 4.69) is 15.9 Å². The van der Waals surface area contributed by atoms with Crippen LogP contribution in [0.2, 0.25) is 19.6 Å². The van der Waals surface area contributed by atoms with Gasteiger partial charge in [-0.3, -0.25) is 0 Å². The van der Waals surface area contributed by atoms with E-state index in [0.29, 0.717) is 4.50 Å². The zero-order valence-corrected chi connectivity index (χ0v) is 10.4. The van der Waals surface area contributed by atoms with Crippen molar-refractivity contribution in [3.63, 3.8) is 0 Å². The van der Waals surface area contributed by atoms with Gasteiger partial charge in [0, 0.05) is 4.50 Å². The molecular weight excluding hydrogens is 262 g/mol. The van der Waals surface area contributed by atoms with Crippen LogP contribution in [0.3, 0.4) is 0 Å². The topological polar surface area (TPSA) is 0 Å². The Kier molecular flexibility index (Phi) is 2.75. The van der Waals surface area contributed by atoms with Crippen LogP contribution in [0.1, 0.15) is 0 Å². The van der Waals surface area contributed by atoms with Gasteiger partial charge in [-0.25, -0.2) is 8.78 Å². The largest absolute Gasteiger partial charge is 0.203 e. The monoisotopic (exact) mass is 270 g/mol. The van der Waals surface area contributed by atoms with E-state index in [4.69, 9.17) is 0 Å². The molecule has 5 heteroatoms. The summed E-state index contributed by atoms with van der Waals surface area (Å²) in [6.07, 6.45) is 0. The standard InChI is InChI=1S/C7H9BrF2SSi/c1-12(2,3)7-5(10)4(9)6(8)11-7/h1-3H3. The molecule has 0 aromatic carbocycles. The van der Waals surface area contributed by atoms with Crippen molar-refractivity contribution in [3.8, 4) is 0 Å². The summed E-state index contributed by atoms with van der Waals surface area (Å²) in [4.78, 5) is 0. The highest BCUT2D eigenvalue weighted by atomic mass is 79.9. The van der Waals surface area contributed by atoms with Crippen LogP contribution >= 0.6 is 27.3 Å². The number of rotatable bonds is 1. The molecule has 0 aliphatic carbocycles. The van der Waals surface area contributed by atoms with Crippen molar-refractivity contribution in [1.29, 1.82) is 0 Å². The first-order chi connectivity index (χ1) is 5.34. The van der Waals surface area contributed by atoms with Crippen LogP contribution in [0.25, 0.3) is 0 Å². The van der Waals surface area contributed by atoms with Crippen molar-refractivity contribution < 1.29 is 8.78 Å². The molecule has 0 aliphatic rings. The second kappa shape index (κ2) is 3.19. The van der Waals surface area contributed by atoms with Gasteiger partial charge < -0.3 is 0 Å². The summed E-state index contributed by atoms with van der Waals surface area (Å²) in [6.45, 7) is 5.98. The molecule has 0 nitrogen and oxygen atoms in total. The number of thiophene rings is 1. The minimum absolute atomic E-state index is 0.275. The van der Waals surface area contributed by atoms with Gasteiger partial charge in [0.25, 0.3) is 0 Å². The lowest BCUT2D eigenvalue weighted by Crippen LogP contribution is -2.37. The molecule has 0 bridgehead atoms. The summed E-state index contributed by atoms with van der Waals surface area (Å²) in [6, 6.07) is 0. The third kappa shape index (κ3) is 1.77. The second-order valence-electron chi connectivity index (χ2n) is 3.58. The van der Waals surface area contributed by atoms with Crippen LogP contribution < -0.4 is 4.50 Å². The van der Waals surface area contributed by atoms with E-state index in [-0.39, 0.29) is 3.79 Å². The highest BCUT2D eigenvalue weighted by molar-refractivity contribution is 9.11. The molecule has 0 amide bonds. The molecule has 1 heterocycles. The maximum absolute atomic E-state index is 13.2. The van der Waals surface area contributed by atoms with Crippen molar-refractivity contribution in [2.45, 2.75) is 19.6 Å². The van der Waals surface area contributed by atoms with Gasteiger partial charge in [-0.15, -0.1) is 11.3 Å². The fourth-order valence-corrected chi connectivity index (χ4v) is 4.79. The number of hydrogen-bond donors (Lipinski definition) is 0. The van der Waals surface area contributed by atoms with Crippen molar-refractivity contribution in [2.75, 3.05) is 0 Å². The summed E-state index contributed by atoms with van der Waals surface area (Å²) in [5, 5.41) is 0. The van der Waals surface area contributed by atoms with E-state index in [9.17, 15) is 8.78 Å². The zero-order chi connectivity index (χ0) is 9.52. The fraction of sp³-hybridized carbons (Fsp3) is 0.429. The predicted molar refractivity (Wildman–Crippen MR) is 54.9 cm³/mol. The average molecular weight is 271 g/mol. The molecule has 0 fully saturated rings. The van der Waals surface area contributed by atoms with Gasteiger partial charge in [0.05, 0.1) is 8.07 Å². The molecular formula is C7H9BrF2SSi. The quantitative estimate of drug-likeness (QED) is 0.687. The van der Waals surface area contributed by atoms with Crippen LogP contribution in [0.5, 0.6) is 0 Å². The Morgan fingerprint density at radius 2 is 1.67 bits per heavy atom. The minimum Gasteiger partial charge on any atom is -0.203 e. The molecule has 1 rings (SSSR count). The maximum Gasteiger partial charge on any atom is 0.183 e. The first kappa shape index (κ1) is 10.3. The van der Waals surface area contributed by atoms with E-state index >= 15 is 0 Å². The summed E-state index contributed by atoms with van der Waals surface area (Å²) < 4.78 is 26.9. The van der Waals surface area contributed by atoms with Crippen molar-refractivity contribution in [1.82, 2.24) is 0 Å². The lowest BCUT2D eigenvalue weighted by atomic mass is 10.6. The van der Waals surface area contributed by atoms with E-state index in [1.165, 1.54) is 11.3 Å². The van der Waals surface area contributed by atoms with Gasteiger partial charge in [0.2, 0.25) is 0 Å². The molecule has 1 aromatic rings. The minimum atomic E-state index is -1.71. The number of halogens is 3. The van der Waals surface area contributed by atoms with E-state index in [1.807, 2.05) is 19.6 Å². The molecule has 0 radical (unpaired) electrons. The molecule has 0 N–H and O–H groups in total. The summed E-state index contributed by atoms with van der Waals surface area (Å²) in [5.74, 6) is -1.40. The van der Waals surface area contributed by atoms with Gasteiger partial charge in [0.1, 0.15) is 3.79 Å². The van der Waals surface area contributed by atoms with Gasteiger partial charge in [-0.05, 0) is 15.9 Å². The molecule has 68 valence electrons. The van der Waals surface area contributed by atoms with Crippen LogP contribution in [0, 0.1) is 11.6 Å². The van der Waals surface area contributed by atoms with Gasteiger partial charge >= 0.3 is 0 Å². The molecule has 0 saturated carbocycles. The maximum atomic E-state index is 13.2. The predicted octanol–water partition coefficient (Wildman–Crippen LogP) is 3.33. The van der Waals surface area contributed by atoms with Gasteiger partial charge in [-0.1, -0.05) is 19.6 Å². The van der Waals surface area contributed by atoms with Gasteiger partial charge in [-0.2, -0.15) is 0 Å². The molecule has 0 saturated heterocycles. The lowest BCUT2D eigenvalue weighted by Gasteiger charge is -2.12. The fourth-order valence-electron chi connectivity index (χ4n) is 0.848. The van der Waals surface area contributed by atoms with E-state index < -0.39 is 19.7 Å². The smallest absolute Gasteiger partial charge is 0.183 e. The first-order valence-corrected chi connectivity index (χ1v) is 8.58. The highest BCUT2D eigenvalue weighted by Crippen LogP contribution is 2.26. The van der Waals surface area contributed by atoms with Crippen molar-refractivity contribution in [2.24, 2.45) is 0 Å². The summed E-state index contributed by atoms with van der Waals surface area (Å²) >= 11 is 4.16. The summed E-state index contributed by atoms with van der Waals surface area (Å²) in [5.41, 5.74) is 0. The van der Waals surface area contributed by atoms with Crippen LogP contribution in [-0.2, 0) is 0 Å². The van der Waals surface area contributed by atoms with E-state index in [0.717, 1.165) is 0 Å². The Labute approximate surface area is 83.7 Å². The SMILES string of the molecule is C[Si](C)(C)c1sc(Br)c(F)c1F. The van der Waals surface area contributed by atoms with Crippen LogP contribution in [0.15, 0.2) is 3.79 Å². The van der Waals surface area contributed by atoms with Gasteiger partial charge in [0.15, 0.2) is 11.6 Å². The Morgan fingerprint density at radius 1 is 1.17 bits per heavy atom. The Balaban J connectivity index is 3.28. The molecule has 0 aliphatic heterocycles. The Hall–Kier alpha value is 0.257. The normalized spacial score (nSPS) is 12.2. The van der Waals surface area contributed by atoms with Crippen molar-refractivity contribution in [3.05, 3.63) is 15.4 Å². The average Bonchev–Trinajstić information content (AvgIpc) is 2.15. The molecule has 0 spiro atoms. The third-order valence-electron chi connectivity index (χ3n) is 1.44. The number of hydrogen-bond acceptors (Lipinski definition) is 1. The molecule has 0 atom stereocenters. The zero-order valence-electron chi connectivity index (χ0n) is 7.04.